The molecule has 1 fully saturated rings. The number of aryl methyl sites for hydroxylation is 1. The van der Waals surface area contributed by atoms with Crippen molar-refractivity contribution in [2.24, 2.45) is 0 Å². The highest BCUT2D eigenvalue weighted by Crippen LogP contribution is 2.37. The van der Waals surface area contributed by atoms with E-state index in [9.17, 15) is 0 Å². The molecule has 4 nitrogen and oxygen atoms in total. The summed E-state index contributed by atoms with van der Waals surface area (Å²) in [5.41, 5.74) is 3.37. The van der Waals surface area contributed by atoms with Crippen molar-refractivity contribution in [3.8, 4) is 0 Å². The van der Waals surface area contributed by atoms with E-state index in [0.717, 1.165) is 23.8 Å². The summed E-state index contributed by atoms with van der Waals surface area (Å²) in [5, 5.41) is 4.25. The van der Waals surface area contributed by atoms with E-state index in [0.29, 0.717) is 0 Å². The molecule has 2 aromatic heterocycles. The predicted molar refractivity (Wildman–Crippen MR) is 88.0 cm³/mol. The third kappa shape index (κ3) is 2.65. The van der Waals surface area contributed by atoms with Gasteiger partial charge in [-0.15, -0.1) is 0 Å². The van der Waals surface area contributed by atoms with Crippen molar-refractivity contribution in [1.82, 2.24) is 20.2 Å². The van der Waals surface area contributed by atoms with Gasteiger partial charge in [0.05, 0.1) is 17.8 Å². The second-order valence-electron chi connectivity index (χ2n) is 5.42. The fourth-order valence-electron chi connectivity index (χ4n) is 2.92. The number of nitrogens with zero attached hydrogens (tertiary/aromatic N) is 2. The molecule has 0 radical (unpaired) electrons. The molecule has 0 aromatic carbocycles. The molecule has 110 valence electrons. The second-order valence-corrected chi connectivity index (χ2v) is 5.80. The Kier molecular flexibility index (Phi) is 3.92. The van der Waals surface area contributed by atoms with Gasteiger partial charge in [0, 0.05) is 24.1 Å². The zero-order valence-electron chi connectivity index (χ0n) is 12.3. The minimum Gasteiger partial charge on any atom is -0.361 e. The zero-order valence-corrected chi connectivity index (χ0v) is 13.2. The van der Waals surface area contributed by atoms with Crippen LogP contribution in [-0.2, 0) is 0 Å². The van der Waals surface area contributed by atoms with Crippen LogP contribution in [-0.4, -0.2) is 26.5 Å². The Morgan fingerprint density at radius 3 is 2.76 bits per heavy atom. The lowest BCUT2D eigenvalue weighted by molar-refractivity contribution is 0.312. The molecular formula is C16H20N4S. The highest BCUT2D eigenvalue weighted by molar-refractivity contribution is 7.80. The van der Waals surface area contributed by atoms with Gasteiger partial charge in [0.25, 0.3) is 0 Å². The van der Waals surface area contributed by atoms with Crippen molar-refractivity contribution in [3.63, 3.8) is 0 Å². The third-order valence-electron chi connectivity index (χ3n) is 3.84. The molecule has 0 saturated carbocycles. The van der Waals surface area contributed by atoms with Crippen LogP contribution in [0.25, 0.3) is 0 Å². The highest BCUT2D eigenvalue weighted by atomic mass is 32.1. The monoisotopic (exact) mass is 300 g/mol. The van der Waals surface area contributed by atoms with Crippen LogP contribution in [0.1, 0.15) is 42.5 Å². The smallest absolute Gasteiger partial charge is 0.170 e. The SMILES string of the molecule is CCCN1C(=S)N[C@@H](c2ccccn2)[C@@H]1c1ccc(C)[nH]1. The molecular weight excluding hydrogens is 280 g/mol. The van der Waals surface area contributed by atoms with E-state index in [1.165, 1.54) is 11.4 Å². The lowest BCUT2D eigenvalue weighted by Crippen LogP contribution is -2.30. The highest BCUT2D eigenvalue weighted by Gasteiger charge is 2.39. The first-order valence-corrected chi connectivity index (χ1v) is 7.75. The molecule has 3 heterocycles. The number of H-pyrrole nitrogens is 1. The average molecular weight is 300 g/mol. The maximum atomic E-state index is 5.54. The van der Waals surface area contributed by atoms with Gasteiger partial charge in [-0.2, -0.15) is 0 Å². The van der Waals surface area contributed by atoms with Gasteiger partial charge in [0.1, 0.15) is 0 Å². The third-order valence-corrected chi connectivity index (χ3v) is 4.19. The molecule has 0 amide bonds. The molecule has 1 aliphatic heterocycles. The Morgan fingerprint density at radius 2 is 2.14 bits per heavy atom. The van der Waals surface area contributed by atoms with Crippen LogP contribution in [0.15, 0.2) is 36.5 Å². The summed E-state index contributed by atoms with van der Waals surface area (Å²) in [7, 11) is 0. The number of pyridine rings is 1. The maximum absolute atomic E-state index is 5.54. The van der Waals surface area contributed by atoms with Crippen LogP contribution < -0.4 is 5.32 Å². The Bertz CT molecular complexity index is 622. The number of nitrogens with one attached hydrogen (secondary N) is 2. The molecule has 2 atom stereocenters. The number of hydrogen-bond donors (Lipinski definition) is 2. The molecule has 3 rings (SSSR count). The van der Waals surface area contributed by atoms with Crippen molar-refractivity contribution in [1.29, 1.82) is 0 Å². The van der Waals surface area contributed by atoms with Gasteiger partial charge in [-0.25, -0.2) is 0 Å². The van der Waals surface area contributed by atoms with Gasteiger partial charge >= 0.3 is 0 Å². The second kappa shape index (κ2) is 5.85. The van der Waals surface area contributed by atoms with E-state index in [1.54, 1.807) is 0 Å². The van der Waals surface area contributed by atoms with E-state index >= 15 is 0 Å². The van der Waals surface area contributed by atoms with E-state index in [1.807, 2.05) is 18.3 Å². The van der Waals surface area contributed by atoms with Gasteiger partial charge in [0.2, 0.25) is 0 Å². The summed E-state index contributed by atoms with van der Waals surface area (Å²) in [5.74, 6) is 0. The summed E-state index contributed by atoms with van der Waals surface area (Å²) >= 11 is 5.54. The predicted octanol–water partition coefficient (Wildman–Crippen LogP) is 3.10. The van der Waals surface area contributed by atoms with Crippen LogP contribution in [0.5, 0.6) is 0 Å². The zero-order chi connectivity index (χ0) is 14.8. The Balaban J connectivity index is 2.00. The van der Waals surface area contributed by atoms with E-state index in [2.05, 4.69) is 52.2 Å². The van der Waals surface area contributed by atoms with Crippen molar-refractivity contribution in [3.05, 3.63) is 53.6 Å². The molecule has 0 aliphatic carbocycles. The van der Waals surface area contributed by atoms with Crippen LogP contribution in [0, 0.1) is 6.92 Å². The quantitative estimate of drug-likeness (QED) is 0.852. The van der Waals surface area contributed by atoms with Gasteiger partial charge < -0.3 is 15.2 Å². The standard InChI is InChI=1S/C16H20N4S/c1-3-10-20-15(13-8-7-11(2)18-13)14(19-16(20)21)12-6-4-5-9-17-12/h4-9,14-15,18H,3,10H2,1-2H3,(H,19,21)/t14-,15-/m0/s1. The Labute approximate surface area is 130 Å². The first-order chi connectivity index (χ1) is 10.2. The fourth-order valence-corrected chi connectivity index (χ4v) is 3.26. The first kappa shape index (κ1) is 14.1. The van der Waals surface area contributed by atoms with E-state index in [4.69, 9.17) is 12.2 Å². The largest absolute Gasteiger partial charge is 0.361 e. The van der Waals surface area contributed by atoms with Crippen LogP contribution in [0.4, 0.5) is 0 Å². The number of aromatic nitrogens is 2. The molecule has 5 heteroatoms. The van der Waals surface area contributed by atoms with Crippen LogP contribution >= 0.6 is 12.2 Å². The fraction of sp³-hybridized carbons (Fsp3) is 0.375. The summed E-state index contributed by atoms with van der Waals surface area (Å²) in [6.07, 6.45) is 2.90. The molecule has 2 aromatic rings. The first-order valence-electron chi connectivity index (χ1n) is 7.34. The molecule has 21 heavy (non-hydrogen) atoms. The number of rotatable bonds is 4. The van der Waals surface area contributed by atoms with Gasteiger partial charge in [-0.1, -0.05) is 13.0 Å². The molecule has 0 unspecified atom stereocenters. The van der Waals surface area contributed by atoms with Gasteiger partial charge in [-0.3, -0.25) is 4.98 Å². The Hall–Kier alpha value is -1.88. The lowest BCUT2D eigenvalue weighted by Gasteiger charge is -2.26. The number of aromatic amines is 1. The van der Waals surface area contributed by atoms with Gasteiger partial charge in [0.15, 0.2) is 5.11 Å². The summed E-state index contributed by atoms with van der Waals surface area (Å²) in [4.78, 5) is 10.2. The Morgan fingerprint density at radius 1 is 1.29 bits per heavy atom. The van der Waals surface area contributed by atoms with Crippen LogP contribution in [0.3, 0.4) is 0 Å². The summed E-state index contributed by atoms with van der Waals surface area (Å²) in [6.45, 7) is 5.19. The van der Waals surface area contributed by atoms with Crippen molar-refractivity contribution >= 4 is 17.3 Å². The van der Waals surface area contributed by atoms with E-state index in [-0.39, 0.29) is 12.1 Å². The molecule has 1 aliphatic rings. The van der Waals surface area contributed by atoms with Crippen molar-refractivity contribution in [2.75, 3.05) is 6.54 Å². The van der Waals surface area contributed by atoms with E-state index < -0.39 is 0 Å². The van der Waals surface area contributed by atoms with Crippen LogP contribution in [0.2, 0.25) is 0 Å². The minimum absolute atomic E-state index is 0.0864. The summed E-state index contributed by atoms with van der Waals surface area (Å²) in [6, 6.07) is 10.5. The molecule has 0 bridgehead atoms. The maximum Gasteiger partial charge on any atom is 0.170 e. The topological polar surface area (TPSA) is 44.0 Å². The lowest BCUT2D eigenvalue weighted by atomic mass is 10.0. The number of hydrogen-bond acceptors (Lipinski definition) is 2. The van der Waals surface area contributed by atoms with Gasteiger partial charge in [-0.05, 0) is 49.8 Å². The molecule has 0 spiro atoms. The normalized spacial score (nSPS) is 21.6. The molecule has 1 saturated heterocycles. The van der Waals surface area contributed by atoms with Crippen molar-refractivity contribution in [2.45, 2.75) is 32.4 Å². The average Bonchev–Trinajstić information content (AvgIpc) is 3.05. The molecule has 2 N–H and O–H groups in total. The summed E-state index contributed by atoms with van der Waals surface area (Å²) < 4.78 is 0. The van der Waals surface area contributed by atoms with Crippen molar-refractivity contribution < 1.29 is 0 Å². The number of thiocarbonyl (C=S) groups is 1. The minimum atomic E-state index is 0.0864.